The van der Waals surface area contributed by atoms with Crippen molar-refractivity contribution in [2.45, 2.75) is 31.5 Å². The van der Waals surface area contributed by atoms with Gasteiger partial charge in [-0.15, -0.1) is 24.0 Å². The second-order valence-electron chi connectivity index (χ2n) is 5.73. The van der Waals surface area contributed by atoms with Gasteiger partial charge in [-0.05, 0) is 12.5 Å². The molecule has 0 saturated heterocycles. The summed E-state index contributed by atoms with van der Waals surface area (Å²) in [5.41, 5.74) is 0.269. The third-order valence-electron chi connectivity index (χ3n) is 4.10. The summed E-state index contributed by atoms with van der Waals surface area (Å²) >= 11 is 0. The molecule has 9 heteroatoms. The van der Waals surface area contributed by atoms with Gasteiger partial charge in [0.15, 0.2) is 5.96 Å². The Balaban J connectivity index is 0.00000225. The van der Waals surface area contributed by atoms with Crippen molar-refractivity contribution in [3.8, 4) is 0 Å². The van der Waals surface area contributed by atoms with Gasteiger partial charge in [0.05, 0.1) is 12.6 Å². The molecule has 1 aliphatic rings. The first-order chi connectivity index (χ1) is 11.7. The third-order valence-corrected chi connectivity index (χ3v) is 4.10. The van der Waals surface area contributed by atoms with Crippen LogP contribution in [0.3, 0.4) is 0 Å². The molecule has 2 unspecified atom stereocenters. The van der Waals surface area contributed by atoms with Crippen LogP contribution in [0.25, 0.3) is 0 Å². The first kappa shape index (κ1) is 19.6. The smallest absolute Gasteiger partial charge is 0.191 e. The summed E-state index contributed by atoms with van der Waals surface area (Å²) in [7, 11) is 1.66. The van der Waals surface area contributed by atoms with Gasteiger partial charge in [-0.1, -0.05) is 18.2 Å². The molecule has 2 atom stereocenters. The standard InChI is InChI=1S/C16H21FN6O.HI/c1-18-16(19-8-14(24)12-4-2-3-5-13(12)17)22-11-6-7-15-20-10-21-23(15)9-11;/h2-5,10-11,14,24H,6-9H2,1H3,(H2,18,19,22);1H. The van der Waals surface area contributed by atoms with Crippen molar-refractivity contribution < 1.29 is 9.50 Å². The molecule has 2 heterocycles. The number of nitrogens with zero attached hydrogens (tertiary/aromatic N) is 4. The fourth-order valence-electron chi connectivity index (χ4n) is 2.79. The van der Waals surface area contributed by atoms with Gasteiger partial charge in [-0.3, -0.25) is 4.99 Å². The van der Waals surface area contributed by atoms with Gasteiger partial charge in [0, 0.05) is 31.6 Å². The van der Waals surface area contributed by atoms with Gasteiger partial charge in [-0.25, -0.2) is 14.1 Å². The lowest BCUT2D eigenvalue weighted by Gasteiger charge is -2.26. The predicted octanol–water partition coefficient (Wildman–Crippen LogP) is 1.25. The molecule has 1 aliphatic heterocycles. The molecule has 0 amide bonds. The van der Waals surface area contributed by atoms with E-state index in [9.17, 15) is 9.50 Å². The maximum atomic E-state index is 13.7. The van der Waals surface area contributed by atoms with E-state index in [2.05, 4.69) is 25.7 Å². The third kappa shape index (κ3) is 4.88. The Morgan fingerprint density at radius 3 is 3.04 bits per heavy atom. The largest absolute Gasteiger partial charge is 0.386 e. The number of aliphatic imine (C=N–C) groups is 1. The van der Waals surface area contributed by atoms with Crippen LogP contribution >= 0.6 is 24.0 Å². The highest BCUT2D eigenvalue weighted by Crippen LogP contribution is 2.15. The number of aliphatic hydroxyl groups is 1. The fourth-order valence-corrected chi connectivity index (χ4v) is 2.79. The number of aryl methyl sites for hydroxylation is 1. The monoisotopic (exact) mass is 460 g/mol. The Bertz CT molecular complexity index is 722. The van der Waals surface area contributed by atoms with Crippen LogP contribution in [0.15, 0.2) is 35.6 Å². The van der Waals surface area contributed by atoms with Crippen molar-refractivity contribution >= 4 is 29.9 Å². The molecule has 2 aromatic rings. The number of rotatable bonds is 4. The number of aromatic nitrogens is 3. The van der Waals surface area contributed by atoms with E-state index in [4.69, 9.17) is 0 Å². The maximum absolute atomic E-state index is 13.7. The number of hydrogen-bond donors (Lipinski definition) is 3. The minimum atomic E-state index is -0.946. The molecule has 1 aromatic heterocycles. The molecule has 0 bridgehead atoms. The average Bonchev–Trinajstić information content (AvgIpc) is 3.06. The SMILES string of the molecule is CN=C(NCC(O)c1ccccc1F)NC1CCc2ncnn2C1.I. The van der Waals surface area contributed by atoms with Crippen LogP contribution in [-0.2, 0) is 13.0 Å². The highest BCUT2D eigenvalue weighted by Gasteiger charge is 2.21. The van der Waals surface area contributed by atoms with E-state index in [0.717, 1.165) is 18.7 Å². The molecule has 0 radical (unpaired) electrons. The Hall–Kier alpha value is -1.75. The minimum absolute atomic E-state index is 0. The number of aliphatic hydroxyl groups excluding tert-OH is 1. The van der Waals surface area contributed by atoms with E-state index < -0.39 is 11.9 Å². The lowest BCUT2D eigenvalue weighted by atomic mass is 10.1. The molecule has 136 valence electrons. The summed E-state index contributed by atoms with van der Waals surface area (Å²) in [6.07, 6.45) is 2.40. The van der Waals surface area contributed by atoms with Gasteiger partial charge in [0.1, 0.15) is 18.0 Å². The molecule has 0 aliphatic carbocycles. The highest BCUT2D eigenvalue weighted by molar-refractivity contribution is 14.0. The number of nitrogens with one attached hydrogen (secondary N) is 2. The zero-order chi connectivity index (χ0) is 16.9. The van der Waals surface area contributed by atoms with Crippen molar-refractivity contribution in [1.29, 1.82) is 0 Å². The van der Waals surface area contributed by atoms with Crippen LogP contribution < -0.4 is 10.6 Å². The van der Waals surface area contributed by atoms with Crippen LogP contribution in [0.1, 0.15) is 23.9 Å². The molecule has 1 aromatic carbocycles. The number of fused-ring (bicyclic) bond motifs is 1. The first-order valence-electron chi connectivity index (χ1n) is 7.93. The zero-order valence-corrected chi connectivity index (χ0v) is 16.2. The van der Waals surface area contributed by atoms with Gasteiger partial charge in [0.2, 0.25) is 0 Å². The molecule has 0 saturated carbocycles. The number of hydrogen-bond acceptors (Lipinski definition) is 4. The van der Waals surface area contributed by atoms with E-state index in [-0.39, 0.29) is 42.1 Å². The quantitative estimate of drug-likeness (QED) is 0.363. The molecule has 0 spiro atoms. The number of halogens is 2. The maximum Gasteiger partial charge on any atom is 0.191 e. The second kappa shape index (κ2) is 9.09. The average molecular weight is 460 g/mol. The second-order valence-corrected chi connectivity index (χ2v) is 5.73. The first-order valence-corrected chi connectivity index (χ1v) is 7.93. The van der Waals surface area contributed by atoms with Crippen molar-refractivity contribution in [3.63, 3.8) is 0 Å². The molecule has 7 nitrogen and oxygen atoms in total. The molecular formula is C16H22FIN6O. The van der Waals surface area contributed by atoms with Crippen molar-refractivity contribution in [2.75, 3.05) is 13.6 Å². The molecule has 0 fully saturated rings. The van der Waals surface area contributed by atoms with E-state index in [1.807, 2.05) is 4.68 Å². The lowest BCUT2D eigenvalue weighted by Crippen LogP contribution is -2.47. The van der Waals surface area contributed by atoms with Gasteiger partial charge >= 0.3 is 0 Å². The lowest BCUT2D eigenvalue weighted by molar-refractivity contribution is 0.176. The van der Waals surface area contributed by atoms with Crippen molar-refractivity contribution in [3.05, 3.63) is 47.8 Å². The van der Waals surface area contributed by atoms with Crippen LogP contribution in [0.4, 0.5) is 4.39 Å². The molecule has 3 rings (SSSR count). The van der Waals surface area contributed by atoms with Gasteiger partial charge in [0.25, 0.3) is 0 Å². The van der Waals surface area contributed by atoms with Crippen molar-refractivity contribution in [2.24, 2.45) is 4.99 Å². The Morgan fingerprint density at radius 1 is 1.48 bits per heavy atom. The summed E-state index contributed by atoms with van der Waals surface area (Å²) < 4.78 is 15.6. The van der Waals surface area contributed by atoms with Crippen LogP contribution in [0.5, 0.6) is 0 Å². The summed E-state index contributed by atoms with van der Waals surface area (Å²) in [4.78, 5) is 8.36. The Labute approximate surface area is 162 Å². The van der Waals surface area contributed by atoms with Gasteiger partial charge in [-0.2, -0.15) is 5.10 Å². The summed E-state index contributed by atoms with van der Waals surface area (Å²) in [5.74, 6) is 1.14. The van der Waals surface area contributed by atoms with Crippen LogP contribution in [0.2, 0.25) is 0 Å². The molecule has 3 N–H and O–H groups in total. The van der Waals surface area contributed by atoms with Crippen LogP contribution in [0, 0.1) is 5.82 Å². The van der Waals surface area contributed by atoms with E-state index in [1.165, 1.54) is 6.07 Å². The predicted molar refractivity (Wildman–Crippen MR) is 103 cm³/mol. The Morgan fingerprint density at radius 2 is 2.28 bits per heavy atom. The molecular weight excluding hydrogens is 438 g/mol. The van der Waals surface area contributed by atoms with Crippen molar-refractivity contribution in [1.82, 2.24) is 25.4 Å². The minimum Gasteiger partial charge on any atom is -0.386 e. The van der Waals surface area contributed by atoms with Crippen LogP contribution in [-0.4, -0.2) is 45.5 Å². The van der Waals surface area contributed by atoms with Gasteiger partial charge < -0.3 is 15.7 Å². The fraction of sp³-hybridized carbons (Fsp3) is 0.438. The van der Waals surface area contributed by atoms with E-state index in [0.29, 0.717) is 12.5 Å². The normalized spacial score (nSPS) is 18.0. The van der Waals surface area contributed by atoms with E-state index in [1.54, 1.807) is 31.6 Å². The number of benzene rings is 1. The zero-order valence-electron chi connectivity index (χ0n) is 13.9. The topological polar surface area (TPSA) is 87.4 Å². The molecule has 25 heavy (non-hydrogen) atoms. The summed E-state index contributed by atoms with van der Waals surface area (Å²) in [6.45, 7) is 0.883. The Kier molecular flexibility index (Phi) is 7.12. The highest BCUT2D eigenvalue weighted by atomic mass is 127. The summed E-state index contributed by atoms with van der Waals surface area (Å²) in [5, 5.41) is 20.7. The summed E-state index contributed by atoms with van der Waals surface area (Å²) in [6, 6.07) is 6.39. The van der Waals surface area contributed by atoms with E-state index >= 15 is 0 Å². The number of guanidine groups is 1.